The smallest absolute Gasteiger partial charge is 0.306 e. The second kappa shape index (κ2) is 11.0. The van der Waals surface area contributed by atoms with Crippen LogP contribution in [0.15, 0.2) is 18.2 Å². The summed E-state index contributed by atoms with van der Waals surface area (Å²) in [7, 11) is 0. The number of hydrogen-bond donors (Lipinski definition) is 2. The number of nitrogens with one attached hydrogen (secondary N) is 1. The molecule has 2 fully saturated rings. The number of ether oxygens (including phenoxy) is 1. The Morgan fingerprint density at radius 1 is 1.24 bits per heavy atom. The molecule has 1 aromatic carbocycles. The summed E-state index contributed by atoms with van der Waals surface area (Å²) in [5.74, 6) is -0.156. The number of nitro benzene ring substituents is 1. The van der Waals surface area contributed by atoms with Gasteiger partial charge in [0.15, 0.2) is 0 Å². The lowest BCUT2D eigenvalue weighted by Gasteiger charge is -2.37. The highest BCUT2D eigenvalue weighted by Gasteiger charge is 2.32. The van der Waals surface area contributed by atoms with Crippen molar-refractivity contribution in [2.75, 3.05) is 29.9 Å². The van der Waals surface area contributed by atoms with Crippen LogP contribution in [0.25, 0.3) is 0 Å². The average molecular weight is 462 g/mol. The molecule has 1 saturated heterocycles. The summed E-state index contributed by atoms with van der Waals surface area (Å²) in [6.45, 7) is 7.48. The zero-order chi connectivity index (χ0) is 24.1. The molecule has 0 bridgehead atoms. The highest BCUT2D eigenvalue weighted by Crippen LogP contribution is 2.36. The van der Waals surface area contributed by atoms with Crippen LogP contribution in [-0.4, -0.2) is 47.7 Å². The minimum atomic E-state index is -0.793. The molecule has 0 aromatic heterocycles. The highest BCUT2D eigenvalue weighted by molar-refractivity contribution is 5.94. The molecule has 2 N–H and O–H groups in total. The lowest BCUT2D eigenvalue weighted by Crippen LogP contribution is -2.36. The van der Waals surface area contributed by atoms with Gasteiger partial charge in [-0.25, -0.2) is 0 Å². The van der Waals surface area contributed by atoms with Gasteiger partial charge in [-0.3, -0.25) is 19.7 Å². The van der Waals surface area contributed by atoms with E-state index in [1.807, 2.05) is 4.90 Å². The molecule has 0 radical (unpaired) electrons. The van der Waals surface area contributed by atoms with Crippen molar-refractivity contribution in [1.82, 2.24) is 0 Å². The Kier molecular flexibility index (Phi) is 8.29. The predicted molar refractivity (Wildman–Crippen MR) is 125 cm³/mol. The summed E-state index contributed by atoms with van der Waals surface area (Å²) >= 11 is 0. The van der Waals surface area contributed by atoms with Crippen LogP contribution in [0.2, 0.25) is 0 Å². The molecule has 9 nitrogen and oxygen atoms in total. The van der Waals surface area contributed by atoms with Crippen LogP contribution in [-0.2, 0) is 14.3 Å². The van der Waals surface area contributed by atoms with Crippen LogP contribution in [0.3, 0.4) is 0 Å². The monoisotopic (exact) mass is 461 g/mol. The lowest BCUT2D eigenvalue weighted by molar-refractivity contribution is -0.383. The number of nitro groups is 1. The topological polar surface area (TPSA) is 122 Å². The third kappa shape index (κ3) is 6.43. The van der Waals surface area contributed by atoms with Crippen molar-refractivity contribution in [1.29, 1.82) is 0 Å². The first-order valence-electron chi connectivity index (χ1n) is 11.8. The molecule has 0 unspecified atom stereocenters. The fourth-order valence-electron chi connectivity index (χ4n) is 5.04. The van der Waals surface area contributed by atoms with E-state index in [1.54, 1.807) is 12.1 Å². The summed E-state index contributed by atoms with van der Waals surface area (Å²) in [5.41, 5.74) is 0.671. The van der Waals surface area contributed by atoms with Crippen molar-refractivity contribution in [3.8, 4) is 0 Å². The van der Waals surface area contributed by atoms with E-state index in [4.69, 9.17) is 4.74 Å². The third-order valence-electron chi connectivity index (χ3n) is 7.05. The van der Waals surface area contributed by atoms with E-state index in [2.05, 4.69) is 26.1 Å². The maximum absolute atomic E-state index is 12.7. The van der Waals surface area contributed by atoms with Crippen LogP contribution in [0.1, 0.15) is 52.9 Å². The quantitative estimate of drug-likeness (QED) is 0.437. The molecule has 1 amide bonds. The number of aliphatic carboxylic acids is 1. The van der Waals surface area contributed by atoms with Crippen molar-refractivity contribution >= 4 is 28.9 Å². The number of anilines is 2. The lowest BCUT2D eigenvalue weighted by atomic mass is 9.75. The maximum atomic E-state index is 12.7. The fourth-order valence-corrected chi connectivity index (χ4v) is 5.04. The second-order valence-electron chi connectivity index (χ2n) is 9.78. The highest BCUT2D eigenvalue weighted by atomic mass is 16.6. The molecule has 0 spiro atoms. The molecule has 2 aliphatic rings. The Morgan fingerprint density at radius 2 is 1.94 bits per heavy atom. The molecule has 1 aromatic rings. The number of carbonyl (C=O) groups excluding carboxylic acids is 1. The molecule has 1 saturated carbocycles. The molecule has 1 heterocycles. The summed E-state index contributed by atoms with van der Waals surface area (Å²) in [6.07, 6.45) is 4.20. The normalized spacial score (nSPS) is 24.0. The van der Waals surface area contributed by atoms with E-state index in [1.165, 1.54) is 6.07 Å². The zero-order valence-corrected chi connectivity index (χ0v) is 19.7. The minimum absolute atomic E-state index is 0.0105. The van der Waals surface area contributed by atoms with E-state index in [0.717, 1.165) is 24.9 Å². The summed E-state index contributed by atoms with van der Waals surface area (Å²) < 4.78 is 5.99. The standard InChI is InChI=1S/C24H35N3O6/c1-15(2)19-6-4-16(3)12-22(19)33-14-23(28)25-20-13-18(5-7-21(20)27(31)32)26-10-8-17(9-11-26)24(29)30/h5,7,13,15-17,19,22H,4,6,8-12,14H2,1-3H3,(H,25,28)(H,29,30)/t16-,19+,22-/m1/s1. The SMILES string of the molecule is CC(C)[C@@H]1CC[C@@H](C)C[C@H]1OCC(=O)Nc1cc(N2CCC(C(=O)O)CC2)ccc1[N+](=O)[O-]. The second-order valence-corrected chi connectivity index (χ2v) is 9.78. The molecular formula is C24H35N3O6. The minimum Gasteiger partial charge on any atom is -0.481 e. The predicted octanol–water partition coefficient (Wildman–Crippen LogP) is 4.31. The maximum Gasteiger partial charge on any atom is 0.306 e. The van der Waals surface area contributed by atoms with E-state index >= 15 is 0 Å². The molecule has 9 heteroatoms. The third-order valence-corrected chi connectivity index (χ3v) is 7.05. The van der Waals surface area contributed by atoms with Gasteiger partial charge in [0, 0.05) is 24.8 Å². The zero-order valence-electron chi connectivity index (χ0n) is 19.7. The van der Waals surface area contributed by atoms with Crippen LogP contribution in [0.5, 0.6) is 0 Å². The number of amides is 1. The van der Waals surface area contributed by atoms with Gasteiger partial charge in [0.1, 0.15) is 12.3 Å². The number of nitrogens with zero attached hydrogens (tertiary/aromatic N) is 2. The summed E-state index contributed by atoms with van der Waals surface area (Å²) in [4.78, 5) is 36.8. The van der Waals surface area contributed by atoms with Gasteiger partial charge < -0.3 is 20.1 Å². The van der Waals surface area contributed by atoms with Crippen molar-refractivity contribution in [2.24, 2.45) is 23.7 Å². The Morgan fingerprint density at radius 3 is 2.55 bits per heavy atom. The number of rotatable bonds is 8. The van der Waals surface area contributed by atoms with Crippen molar-refractivity contribution in [2.45, 2.75) is 59.0 Å². The first-order chi connectivity index (χ1) is 15.7. The Bertz CT molecular complexity index is 866. The van der Waals surface area contributed by atoms with Gasteiger partial charge in [-0.05, 0) is 55.6 Å². The van der Waals surface area contributed by atoms with Crippen LogP contribution in [0, 0.1) is 33.8 Å². The number of piperidine rings is 1. The van der Waals surface area contributed by atoms with Crippen LogP contribution >= 0.6 is 0 Å². The summed E-state index contributed by atoms with van der Waals surface area (Å²) in [6, 6.07) is 4.62. The molecule has 182 valence electrons. The van der Waals surface area contributed by atoms with Crippen LogP contribution in [0.4, 0.5) is 17.1 Å². The van der Waals surface area contributed by atoms with Gasteiger partial charge in [0.25, 0.3) is 11.6 Å². The molecule has 1 aliphatic carbocycles. The molecular weight excluding hydrogens is 426 g/mol. The van der Waals surface area contributed by atoms with E-state index in [9.17, 15) is 24.8 Å². The Hall–Kier alpha value is -2.68. The number of carboxylic acid groups (broad SMARTS) is 1. The number of carboxylic acids is 1. The largest absolute Gasteiger partial charge is 0.481 e. The molecule has 1 aliphatic heterocycles. The number of hydrogen-bond acceptors (Lipinski definition) is 6. The average Bonchev–Trinajstić information content (AvgIpc) is 2.77. The first-order valence-corrected chi connectivity index (χ1v) is 11.8. The Labute approximate surface area is 194 Å². The van der Waals surface area contributed by atoms with E-state index < -0.39 is 16.8 Å². The van der Waals surface area contributed by atoms with Crippen molar-refractivity contribution in [3.63, 3.8) is 0 Å². The number of benzene rings is 1. The van der Waals surface area contributed by atoms with Gasteiger partial charge in [0.05, 0.1) is 16.9 Å². The van der Waals surface area contributed by atoms with E-state index in [-0.39, 0.29) is 30.0 Å². The fraction of sp³-hybridized carbons (Fsp3) is 0.667. The van der Waals surface area contributed by atoms with Crippen LogP contribution < -0.4 is 10.2 Å². The summed E-state index contributed by atoms with van der Waals surface area (Å²) in [5, 5.41) is 23.4. The molecule has 3 atom stereocenters. The molecule has 3 rings (SSSR count). The Balaban J connectivity index is 1.66. The molecule has 33 heavy (non-hydrogen) atoms. The van der Waals surface area contributed by atoms with Gasteiger partial charge in [-0.1, -0.05) is 27.2 Å². The van der Waals surface area contributed by atoms with Gasteiger partial charge in [-0.15, -0.1) is 0 Å². The van der Waals surface area contributed by atoms with Crippen molar-refractivity contribution in [3.05, 3.63) is 28.3 Å². The van der Waals surface area contributed by atoms with Gasteiger partial charge in [-0.2, -0.15) is 0 Å². The number of carbonyl (C=O) groups is 2. The van der Waals surface area contributed by atoms with Gasteiger partial charge in [0.2, 0.25) is 0 Å². The van der Waals surface area contributed by atoms with Gasteiger partial charge >= 0.3 is 5.97 Å². The van der Waals surface area contributed by atoms with Crippen molar-refractivity contribution < 1.29 is 24.4 Å². The van der Waals surface area contributed by atoms with E-state index in [0.29, 0.717) is 43.7 Å². The first kappa shape index (κ1) is 25.0.